The van der Waals surface area contributed by atoms with E-state index in [1.165, 1.54) is 43.4 Å². The first-order valence-corrected chi connectivity index (χ1v) is 10.2. The normalized spacial score (nSPS) is 11.8. The average molecular weight is 366 g/mol. The number of thiophene rings is 1. The predicted octanol–water partition coefficient (Wildman–Crippen LogP) is 4.42. The lowest BCUT2D eigenvalue weighted by Gasteiger charge is -2.02. The fourth-order valence-electron chi connectivity index (χ4n) is 2.31. The van der Waals surface area contributed by atoms with Crippen LogP contribution in [0.15, 0.2) is 22.5 Å². The number of anilines is 1. The van der Waals surface area contributed by atoms with Gasteiger partial charge in [0.25, 0.3) is 0 Å². The smallest absolute Gasteiger partial charge is 0.194 e. The first kappa shape index (κ1) is 18.9. The van der Waals surface area contributed by atoms with Gasteiger partial charge in [-0.15, -0.1) is 22.7 Å². The number of thiazole rings is 1. The second-order valence-corrected chi connectivity index (χ2v) is 7.69. The van der Waals surface area contributed by atoms with Gasteiger partial charge in [0, 0.05) is 23.3 Å². The van der Waals surface area contributed by atoms with Crippen LogP contribution in [0.25, 0.3) is 10.6 Å². The Balaban J connectivity index is 1.75. The number of aromatic nitrogens is 1. The fraction of sp³-hybridized carbons (Fsp3) is 0.529. The number of nitrogens with zero attached hydrogens (tertiary/aromatic N) is 2. The first-order chi connectivity index (χ1) is 11.7. The summed E-state index contributed by atoms with van der Waals surface area (Å²) in [7, 11) is 0. The van der Waals surface area contributed by atoms with Gasteiger partial charge in [0.05, 0.1) is 10.6 Å². The van der Waals surface area contributed by atoms with Gasteiger partial charge in [-0.3, -0.25) is 4.99 Å². The Morgan fingerprint density at radius 2 is 2.00 bits per heavy atom. The number of rotatable bonds is 10. The minimum atomic E-state index is 0.443. The van der Waals surface area contributed by atoms with Crippen molar-refractivity contribution in [3.8, 4) is 10.6 Å². The van der Waals surface area contributed by atoms with Crippen LogP contribution < -0.4 is 16.8 Å². The summed E-state index contributed by atoms with van der Waals surface area (Å²) in [5.41, 5.74) is 12.5. The molecule has 0 aliphatic carbocycles. The topological polar surface area (TPSA) is 89.3 Å². The Kier molecular flexibility index (Phi) is 8.21. The molecule has 2 aromatic heterocycles. The van der Waals surface area contributed by atoms with E-state index in [-0.39, 0.29) is 0 Å². The second kappa shape index (κ2) is 10.4. The molecule has 0 aliphatic rings. The third kappa shape index (κ3) is 6.22. The molecule has 2 heterocycles. The first-order valence-electron chi connectivity index (χ1n) is 8.54. The maximum atomic E-state index is 5.93. The second-order valence-electron chi connectivity index (χ2n) is 5.67. The summed E-state index contributed by atoms with van der Waals surface area (Å²) in [6.07, 6.45) is 7.54. The summed E-state index contributed by atoms with van der Waals surface area (Å²) in [5, 5.41) is 5.88. The maximum Gasteiger partial charge on any atom is 0.194 e. The van der Waals surface area contributed by atoms with Crippen molar-refractivity contribution in [2.24, 2.45) is 16.5 Å². The maximum absolute atomic E-state index is 5.93. The van der Waals surface area contributed by atoms with E-state index in [1.807, 2.05) is 11.4 Å². The highest BCUT2D eigenvalue weighted by Gasteiger charge is 2.07. The Labute approximate surface area is 152 Å². The predicted molar refractivity (Wildman–Crippen MR) is 107 cm³/mol. The molecule has 7 heteroatoms. The van der Waals surface area contributed by atoms with Gasteiger partial charge in [-0.05, 0) is 18.6 Å². The van der Waals surface area contributed by atoms with Crippen LogP contribution in [0, 0.1) is 0 Å². The van der Waals surface area contributed by atoms with Crippen LogP contribution in [0.5, 0.6) is 0 Å². The summed E-state index contributed by atoms with van der Waals surface area (Å²) in [5.74, 6) is 0.443. The third-order valence-corrected chi connectivity index (χ3v) is 5.54. The third-order valence-electron chi connectivity index (χ3n) is 3.65. The highest BCUT2D eigenvalue weighted by molar-refractivity contribution is 7.17. The van der Waals surface area contributed by atoms with E-state index in [0.717, 1.165) is 33.5 Å². The molecule has 0 aliphatic heterocycles. The Hall–Kier alpha value is -1.44. The van der Waals surface area contributed by atoms with E-state index in [2.05, 4.69) is 28.3 Å². The van der Waals surface area contributed by atoms with Gasteiger partial charge in [-0.1, -0.05) is 39.0 Å². The summed E-state index contributed by atoms with van der Waals surface area (Å²) < 4.78 is 0. The lowest BCUT2D eigenvalue weighted by atomic mass is 10.1. The van der Waals surface area contributed by atoms with Gasteiger partial charge in [0.15, 0.2) is 11.1 Å². The zero-order valence-electron chi connectivity index (χ0n) is 14.3. The molecule has 0 amide bonds. The van der Waals surface area contributed by atoms with E-state index < -0.39 is 0 Å². The van der Waals surface area contributed by atoms with Crippen LogP contribution in [0.1, 0.15) is 50.3 Å². The van der Waals surface area contributed by atoms with Gasteiger partial charge in [-0.25, -0.2) is 4.98 Å². The van der Waals surface area contributed by atoms with Crippen molar-refractivity contribution in [2.45, 2.75) is 52.0 Å². The molecule has 5 N–H and O–H groups in total. The molecule has 0 radical (unpaired) electrons. The molecule has 0 aromatic carbocycles. The molecule has 0 bridgehead atoms. The van der Waals surface area contributed by atoms with E-state index in [0.29, 0.717) is 12.5 Å². The number of hydrogen-bond donors (Lipinski definition) is 3. The van der Waals surface area contributed by atoms with Crippen LogP contribution >= 0.6 is 22.7 Å². The summed E-state index contributed by atoms with van der Waals surface area (Å²) >= 11 is 3.21. The monoisotopic (exact) mass is 365 g/mol. The highest BCUT2D eigenvalue weighted by atomic mass is 32.1. The SMILES string of the molecule is CCCCCCCCN=C(N)Nc1nc(-c2ccc(CN)s2)cs1. The lowest BCUT2D eigenvalue weighted by Crippen LogP contribution is -2.22. The molecule has 2 aromatic rings. The van der Waals surface area contributed by atoms with E-state index in [9.17, 15) is 0 Å². The molecule has 0 saturated heterocycles. The van der Waals surface area contributed by atoms with Crippen LogP contribution in [-0.2, 0) is 6.54 Å². The number of nitrogens with one attached hydrogen (secondary N) is 1. The van der Waals surface area contributed by atoms with Crippen molar-refractivity contribution >= 4 is 33.8 Å². The molecule has 0 saturated carbocycles. The minimum absolute atomic E-state index is 0.443. The van der Waals surface area contributed by atoms with Gasteiger partial charge in [0.2, 0.25) is 0 Å². The van der Waals surface area contributed by atoms with E-state index in [1.54, 1.807) is 11.3 Å². The molecule has 0 atom stereocenters. The Morgan fingerprint density at radius 3 is 2.75 bits per heavy atom. The zero-order chi connectivity index (χ0) is 17.2. The van der Waals surface area contributed by atoms with Gasteiger partial charge >= 0.3 is 0 Å². The zero-order valence-corrected chi connectivity index (χ0v) is 15.9. The number of hydrogen-bond acceptors (Lipinski definition) is 5. The van der Waals surface area contributed by atoms with Gasteiger partial charge in [0.1, 0.15) is 0 Å². The van der Waals surface area contributed by atoms with Crippen molar-refractivity contribution in [1.29, 1.82) is 0 Å². The van der Waals surface area contributed by atoms with E-state index >= 15 is 0 Å². The number of nitrogens with two attached hydrogens (primary N) is 2. The Morgan fingerprint density at radius 1 is 1.21 bits per heavy atom. The molecular formula is C17H27N5S2. The van der Waals surface area contributed by atoms with Crippen molar-refractivity contribution in [1.82, 2.24) is 4.98 Å². The van der Waals surface area contributed by atoms with Crippen molar-refractivity contribution < 1.29 is 0 Å². The van der Waals surface area contributed by atoms with Crippen LogP contribution in [-0.4, -0.2) is 17.5 Å². The van der Waals surface area contributed by atoms with Crippen molar-refractivity contribution in [3.63, 3.8) is 0 Å². The molecule has 0 fully saturated rings. The van der Waals surface area contributed by atoms with E-state index in [4.69, 9.17) is 11.5 Å². The molecule has 132 valence electrons. The van der Waals surface area contributed by atoms with Crippen molar-refractivity contribution in [3.05, 3.63) is 22.4 Å². The molecule has 2 rings (SSSR count). The minimum Gasteiger partial charge on any atom is -0.370 e. The standard InChI is InChI=1S/C17H27N5S2/c1-2-3-4-5-6-7-10-20-16(19)22-17-21-14(12-23-17)15-9-8-13(11-18)24-15/h8-9,12H,2-7,10-11,18H2,1H3,(H3,19,20,21,22). The van der Waals surface area contributed by atoms with Crippen LogP contribution in [0.4, 0.5) is 5.13 Å². The largest absolute Gasteiger partial charge is 0.370 e. The lowest BCUT2D eigenvalue weighted by molar-refractivity contribution is 0.612. The molecule has 5 nitrogen and oxygen atoms in total. The van der Waals surface area contributed by atoms with Crippen molar-refractivity contribution in [2.75, 3.05) is 11.9 Å². The number of guanidine groups is 1. The Bertz CT molecular complexity index is 632. The number of aliphatic imine (C=N–C) groups is 1. The quantitative estimate of drug-likeness (QED) is 0.330. The molecule has 0 spiro atoms. The molecule has 24 heavy (non-hydrogen) atoms. The van der Waals surface area contributed by atoms with Gasteiger partial charge in [-0.2, -0.15) is 0 Å². The molecule has 0 unspecified atom stereocenters. The average Bonchev–Trinajstić information content (AvgIpc) is 3.22. The molecular weight excluding hydrogens is 338 g/mol. The van der Waals surface area contributed by atoms with Crippen LogP contribution in [0.3, 0.4) is 0 Å². The highest BCUT2D eigenvalue weighted by Crippen LogP contribution is 2.30. The van der Waals surface area contributed by atoms with Gasteiger partial charge < -0.3 is 16.8 Å². The fourth-order valence-corrected chi connectivity index (χ4v) is 3.95. The van der Waals surface area contributed by atoms with Crippen LogP contribution in [0.2, 0.25) is 0 Å². The summed E-state index contributed by atoms with van der Waals surface area (Å²) in [6.45, 7) is 3.57. The number of unbranched alkanes of at least 4 members (excludes halogenated alkanes) is 5. The summed E-state index contributed by atoms with van der Waals surface area (Å²) in [6, 6.07) is 4.10. The summed E-state index contributed by atoms with van der Waals surface area (Å²) in [4.78, 5) is 11.2.